The van der Waals surface area contributed by atoms with Crippen LogP contribution >= 0.6 is 11.3 Å². The molecule has 0 bridgehead atoms. The lowest BCUT2D eigenvalue weighted by atomic mass is 10.1. The third-order valence-electron chi connectivity index (χ3n) is 3.00. The molecule has 2 heteroatoms. The highest BCUT2D eigenvalue weighted by atomic mass is 32.1. The van der Waals surface area contributed by atoms with E-state index in [2.05, 4.69) is 24.4 Å². The van der Waals surface area contributed by atoms with Gasteiger partial charge in [-0.1, -0.05) is 19.4 Å². The summed E-state index contributed by atoms with van der Waals surface area (Å²) in [6, 6.07) is 4.31. The van der Waals surface area contributed by atoms with Gasteiger partial charge in [0, 0.05) is 16.8 Å². The standard InChI is InChI=1S/C11H17NS/c1-2-4-9-7-11(9,12)8-10-5-3-6-13-10/h3,5-6,9H,2,4,7-8,12H2,1H3. The lowest BCUT2D eigenvalue weighted by Crippen LogP contribution is -2.27. The van der Waals surface area contributed by atoms with Crippen LogP contribution in [-0.4, -0.2) is 5.54 Å². The Labute approximate surface area is 84.0 Å². The summed E-state index contributed by atoms with van der Waals surface area (Å²) in [6.45, 7) is 2.24. The molecule has 2 rings (SSSR count). The molecule has 2 unspecified atom stereocenters. The maximum absolute atomic E-state index is 6.27. The number of thiophene rings is 1. The van der Waals surface area contributed by atoms with E-state index in [-0.39, 0.29) is 5.54 Å². The molecule has 1 saturated carbocycles. The van der Waals surface area contributed by atoms with Crippen LogP contribution in [-0.2, 0) is 6.42 Å². The van der Waals surface area contributed by atoms with Crippen molar-refractivity contribution in [1.82, 2.24) is 0 Å². The largest absolute Gasteiger partial charge is 0.325 e. The first kappa shape index (κ1) is 9.22. The minimum atomic E-state index is 0.154. The van der Waals surface area contributed by atoms with E-state index in [1.165, 1.54) is 24.1 Å². The molecular weight excluding hydrogens is 178 g/mol. The molecule has 0 saturated heterocycles. The Bertz CT molecular complexity index is 268. The summed E-state index contributed by atoms with van der Waals surface area (Å²) >= 11 is 1.83. The summed E-state index contributed by atoms with van der Waals surface area (Å²) in [5.74, 6) is 0.791. The Morgan fingerprint density at radius 3 is 3.15 bits per heavy atom. The lowest BCUT2D eigenvalue weighted by Gasteiger charge is -2.09. The zero-order valence-corrected chi connectivity index (χ0v) is 8.94. The average Bonchev–Trinajstić information content (AvgIpc) is 2.52. The second-order valence-corrected chi connectivity index (χ2v) is 5.21. The van der Waals surface area contributed by atoms with Crippen LogP contribution in [0, 0.1) is 5.92 Å². The van der Waals surface area contributed by atoms with Gasteiger partial charge in [0.1, 0.15) is 0 Å². The summed E-state index contributed by atoms with van der Waals surface area (Å²) in [6.07, 6.45) is 4.91. The molecule has 1 nitrogen and oxygen atoms in total. The van der Waals surface area contributed by atoms with Crippen molar-refractivity contribution in [2.75, 3.05) is 0 Å². The highest BCUT2D eigenvalue weighted by Crippen LogP contribution is 2.46. The highest BCUT2D eigenvalue weighted by Gasteiger charge is 2.49. The molecule has 0 radical (unpaired) electrons. The van der Waals surface area contributed by atoms with Crippen LogP contribution in [0.2, 0.25) is 0 Å². The van der Waals surface area contributed by atoms with Crippen molar-refractivity contribution in [3.05, 3.63) is 22.4 Å². The number of hydrogen-bond donors (Lipinski definition) is 1. The topological polar surface area (TPSA) is 26.0 Å². The maximum atomic E-state index is 6.27. The van der Waals surface area contributed by atoms with Crippen molar-refractivity contribution >= 4 is 11.3 Å². The normalized spacial score (nSPS) is 32.0. The summed E-state index contributed by atoms with van der Waals surface area (Å²) < 4.78 is 0. The summed E-state index contributed by atoms with van der Waals surface area (Å²) in [5.41, 5.74) is 6.43. The van der Waals surface area contributed by atoms with Gasteiger partial charge in [0.2, 0.25) is 0 Å². The molecule has 1 aliphatic carbocycles. The van der Waals surface area contributed by atoms with Crippen LogP contribution in [0.3, 0.4) is 0 Å². The first-order valence-electron chi connectivity index (χ1n) is 5.06. The first-order chi connectivity index (χ1) is 6.24. The molecule has 2 N–H and O–H groups in total. The van der Waals surface area contributed by atoms with Gasteiger partial charge in [-0.2, -0.15) is 0 Å². The van der Waals surface area contributed by atoms with Crippen molar-refractivity contribution in [2.24, 2.45) is 11.7 Å². The minimum absolute atomic E-state index is 0.154. The molecular formula is C11H17NS. The van der Waals surface area contributed by atoms with Crippen LogP contribution in [0.4, 0.5) is 0 Å². The van der Waals surface area contributed by atoms with Crippen molar-refractivity contribution in [1.29, 1.82) is 0 Å². The van der Waals surface area contributed by atoms with Crippen LogP contribution < -0.4 is 5.73 Å². The van der Waals surface area contributed by atoms with Crippen LogP contribution in [0.15, 0.2) is 17.5 Å². The van der Waals surface area contributed by atoms with Crippen LogP contribution in [0.1, 0.15) is 31.1 Å². The Morgan fingerprint density at radius 1 is 1.69 bits per heavy atom. The Hall–Kier alpha value is -0.340. The second kappa shape index (κ2) is 3.43. The molecule has 0 spiro atoms. The molecule has 1 aromatic heterocycles. The first-order valence-corrected chi connectivity index (χ1v) is 5.94. The van der Waals surface area contributed by atoms with Gasteiger partial charge >= 0.3 is 0 Å². The molecule has 13 heavy (non-hydrogen) atoms. The highest BCUT2D eigenvalue weighted by molar-refractivity contribution is 7.09. The van der Waals surface area contributed by atoms with E-state index in [1.807, 2.05) is 11.3 Å². The molecule has 1 fully saturated rings. The van der Waals surface area contributed by atoms with Gasteiger partial charge in [-0.3, -0.25) is 0 Å². The lowest BCUT2D eigenvalue weighted by molar-refractivity contribution is 0.559. The molecule has 72 valence electrons. The molecule has 1 aromatic rings. The summed E-state index contributed by atoms with van der Waals surface area (Å²) in [7, 11) is 0. The smallest absolute Gasteiger partial charge is 0.0235 e. The molecule has 1 heterocycles. The molecule has 0 aliphatic heterocycles. The van der Waals surface area contributed by atoms with Crippen LogP contribution in [0.25, 0.3) is 0 Å². The van der Waals surface area contributed by atoms with Crippen molar-refractivity contribution in [3.63, 3.8) is 0 Å². The van der Waals surface area contributed by atoms with Gasteiger partial charge in [-0.25, -0.2) is 0 Å². The van der Waals surface area contributed by atoms with Gasteiger partial charge < -0.3 is 5.73 Å². The van der Waals surface area contributed by atoms with Crippen molar-refractivity contribution < 1.29 is 0 Å². The van der Waals surface area contributed by atoms with E-state index in [0.717, 1.165) is 12.3 Å². The van der Waals surface area contributed by atoms with E-state index in [9.17, 15) is 0 Å². The van der Waals surface area contributed by atoms with Gasteiger partial charge in [-0.15, -0.1) is 11.3 Å². The molecule has 2 atom stereocenters. The van der Waals surface area contributed by atoms with E-state index in [4.69, 9.17) is 5.73 Å². The fourth-order valence-electron chi connectivity index (χ4n) is 2.09. The Balaban J connectivity index is 1.90. The fraction of sp³-hybridized carbons (Fsp3) is 0.636. The second-order valence-electron chi connectivity index (χ2n) is 4.18. The average molecular weight is 195 g/mol. The van der Waals surface area contributed by atoms with Crippen LogP contribution in [0.5, 0.6) is 0 Å². The predicted molar refractivity (Wildman–Crippen MR) is 58.0 cm³/mol. The number of rotatable bonds is 4. The van der Waals surface area contributed by atoms with E-state index < -0.39 is 0 Å². The molecule has 0 amide bonds. The SMILES string of the molecule is CCCC1CC1(N)Cc1cccs1. The number of hydrogen-bond acceptors (Lipinski definition) is 2. The third kappa shape index (κ3) is 1.94. The van der Waals surface area contributed by atoms with Gasteiger partial charge in [0.25, 0.3) is 0 Å². The quantitative estimate of drug-likeness (QED) is 0.785. The zero-order valence-electron chi connectivity index (χ0n) is 8.12. The Kier molecular flexibility index (Phi) is 2.43. The minimum Gasteiger partial charge on any atom is -0.325 e. The fourth-order valence-corrected chi connectivity index (χ4v) is 2.93. The van der Waals surface area contributed by atoms with E-state index in [1.54, 1.807) is 0 Å². The summed E-state index contributed by atoms with van der Waals surface area (Å²) in [5, 5.41) is 2.13. The predicted octanol–water partition coefficient (Wildman–Crippen LogP) is 2.81. The number of nitrogens with two attached hydrogens (primary N) is 1. The van der Waals surface area contributed by atoms with E-state index >= 15 is 0 Å². The maximum Gasteiger partial charge on any atom is 0.0235 e. The molecule has 1 aliphatic rings. The van der Waals surface area contributed by atoms with Gasteiger partial charge in [0.15, 0.2) is 0 Å². The molecule has 0 aromatic carbocycles. The van der Waals surface area contributed by atoms with Crippen molar-refractivity contribution in [2.45, 2.75) is 38.1 Å². The third-order valence-corrected chi connectivity index (χ3v) is 3.88. The van der Waals surface area contributed by atoms with E-state index in [0.29, 0.717) is 0 Å². The summed E-state index contributed by atoms with van der Waals surface area (Å²) in [4.78, 5) is 1.45. The van der Waals surface area contributed by atoms with Gasteiger partial charge in [0.05, 0.1) is 0 Å². The van der Waals surface area contributed by atoms with Crippen molar-refractivity contribution in [3.8, 4) is 0 Å². The Morgan fingerprint density at radius 2 is 2.54 bits per heavy atom. The van der Waals surface area contributed by atoms with Gasteiger partial charge in [-0.05, 0) is 30.2 Å². The zero-order chi connectivity index (χ0) is 9.31. The monoisotopic (exact) mass is 195 g/mol.